The molecule has 0 radical (unpaired) electrons. The number of ether oxygens (including phenoxy) is 1. The highest BCUT2D eigenvalue weighted by Gasteiger charge is 2.22. The lowest BCUT2D eigenvalue weighted by Crippen LogP contribution is -2.08. The Morgan fingerprint density at radius 2 is 2.24 bits per heavy atom. The first kappa shape index (κ1) is 14.5. The van der Waals surface area contributed by atoms with Crippen molar-refractivity contribution in [2.24, 2.45) is 0 Å². The van der Waals surface area contributed by atoms with Gasteiger partial charge in [0.25, 0.3) is 5.69 Å². The van der Waals surface area contributed by atoms with Gasteiger partial charge in [-0.25, -0.2) is 9.78 Å². The second-order valence-corrected chi connectivity index (χ2v) is 4.22. The predicted molar refractivity (Wildman–Crippen MR) is 75.3 cm³/mol. The number of rotatable bonds is 4. The van der Waals surface area contributed by atoms with Gasteiger partial charge in [0.15, 0.2) is 5.69 Å². The van der Waals surface area contributed by atoms with Crippen LogP contribution in [0.3, 0.4) is 0 Å². The molecule has 1 aromatic heterocycles. The van der Waals surface area contributed by atoms with Gasteiger partial charge in [-0.2, -0.15) is 0 Å². The standard InChI is InChI=1S/C13H14N4O4/c1-3-10-15-11(13(18)21-2)12(14)16(10)8-5-4-6-9(7-8)17(19)20/h4-7H,3,14H2,1-2H3. The van der Waals surface area contributed by atoms with Crippen LogP contribution in [-0.4, -0.2) is 27.6 Å². The van der Waals surface area contributed by atoms with Crippen LogP contribution in [0.25, 0.3) is 5.69 Å². The smallest absolute Gasteiger partial charge is 0.360 e. The number of carbonyl (C=O) groups excluding carboxylic acids is 1. The van der Waals surface area contributed by atoms with E-state index in [1.165, 1.54) is 23.8 Å². The topological polar surface area (TPSA) is 113 Å². The molecule has 0 bridgehead atoms. The fraction of sp³-hybridized carbons (Fsp3) is 0.231. The van der Waals surface area contributed by atoms with Crippen LogP contribution in [0.5, 0.6) is 0 Å². The molecule has 21 heavy (non-hydrogen) atoms. The molecule has 0 aliphatic rings. The SMILES string of the molecule is CCc1nc(C(=O)OC)c(N)n1-c1cccc([N+](=O)[O-])c1. The number of nitro groups is 1. The monoisotopic (exact) mass is 290 g/mol. The van der Waals surface area contributed by atoms with Crippen LogP contribution in [0, 0.1) is 10.1 Å². The lowest BCUT2D eigenvalue weighted by Gasteiger charge is -2.08. The number of nitro benzene ring substituents is 1. The van der Waals surface area contributed by atoms with E-state index in [9.17, 15) is 14.9 Å². The maximum absolute atomic E-state index is 11.6. The molecule has 2 rings (SSSR count). The van der Waals surface area contributed by atoms with Crippen LogP contribution in [0.4, 0.5) is 11.5 Å². The van der Waals surface area contributed by atoms with E-state index in [2.05, 4.69) is 9.72 Å². The number of carbonyl (C=O) groups is 1. The fourth-order valence-corrected chi connectivity index (χ4v) is 2.00. The van der Waals surface area contributed by atoms with Crippen molar-refractivity contribution in [1.29, 1.82) is 0 Å². The Bertz CT molecular complexity index is 708. The lowest BCUT2D eigenvalue weighted by molar-refractivity contribution is -0.384. The number of non-ortho nitro benzene ring substituents is 1. The van der Waals surface area contributed by atoms with E-state index in [0.717, 1.165) is 0 Å². The van der Waals surface area contributed by atoms with Gasteiger partial charge < -0.3 is 10.5 Å². The van der Waals surface area contributed by atoms with Crippen LogP contribution in [-0.2, 0) is 11.2 Å². The molecule has 0 unspecified atom stereocenters. The molecule has 2 N–H and O–H groups in total. The van der Waals surface area contributed by atoms with E-state index in [1.54, 1.807) is 12.1 Å². The number of hydrogen-bond acceptors (Lipinski definition) is 6. The van der Waals surface area contributed by atoms with Gasteiger partial charge in [-0.15, -0.1) is 0 Å². The fourth-order valence-electron chi connectivity index (χ4n) is 2.00. The minimum absolute atomic E-state index is 0.000793. The Balaban J connectivity index is 2.63. The quantitative estimate of drug-likeness (QED) is 0.521. The molecule has 0 spiro atoms. The molecule has 0 saturated carbocycles. The van der Waals surface area contributed by atoms with Crippen molar-refractivity contribution in [1.82, 2.24) is 9.55 Å². The van der Waals surface area contributed by atoms with Crippen LogP contribution in [0.2, 0.25) is 0 Å². The molecule has 0 saturated heterocycles. The van der Waals surface area contributed by atoms with E-state index < -0.39 is 10.9 Å². The van der Waals surface area contributed by atoms with Crippen LogP contribution in [0.15, 0.2) is 24.3 Å². The normalized spacial score (nSPS) is 10.4. The highest BCUT2D eigenvalue weighted by atomic mass is 16.6. The number of nitrogens with two attached hydrogens (primary N) is 1. The molecule has 2 aromatic rings. The molecule has 1 aromatic carbocycles. The summed E-state index contributed by atoms with van der Waals surface area (Å²) in [7, 11) is 1.24. The third-order valence-corrected chi connectivity index (χ3v) is 2.98. The summed E-state index contributed by atoms with van der Waals surface area (Å²) in [5.41, 5.74) is 6.35. The van der Waals surface area contributed by atoms with Crippen molar-refractivity contribution in [2.45, 2.75) is 13.3 Å². The summed E-state index contributed by atoms with van der Waals surface area (Å²) in [5, 5.41) is 10.9. The van der Waals surface area contributed by atoms with Gasteiger partial charge in [-0.05, 0) is 6.07 Å². The summed E-state index contributed by atoms with van der Waals surface area (Å²) in [6.45, 7) is 1.84. The molecule has 1 heterocycles. The summed E-state index contributed by atoms with van der Waals surface area (Å²) in [6.07, 6.45) is 0.504. The number of anilines is 1. The van der Waals surface area contributed by atoms with Crippen LogP contribution in [0.1, 0.15) is 23.2 Å². The molecule has 8 heteroatoms. The van der Waals surface area contributed by atoms with E-state index in [0.29, 0.717) is 17.9 Å². The predicted octanol–water partition coefficient (Wildman–Crippen LogP) is 1.71. The number of aromatic nitrogens is 2. The third-order valence-electron chi connectivity index (χ3n) is 2.98. The Hall–Kier alpha value is -2.90. The third kappa shape index (κ3) is 2.55. The van der Waals surface area contributed by atoms with E-state index in [-0.39, 0.29) is 17.2 Å². The lowest BCUT2D eigenvalue weighted by atomic mass is 10.2. The average molecular weight is 290 g/mol. The molecular weight excluding hydrogens is 276 g/mol. The van der Waals surface area contributed by atoms with Crippen molar-refractivity contribution in [3.05, 3.63) is 45.9 Å². The molecular formula is C13H14N4O4. The zero-order valence-corrected chi connectivity index (χ0v) is 11.6. The first-order valence-corrected chi connectivity index (χ1v) is 6.19. The number of esters is 1. The number of imidazole rings is 1. The first-order valence-electron chi connectivity index (χ1n) is 6.19. The van der Waals surface area contributed by atoms with Crippen molar-refractivity contribution < 1.29 is 14.5 Å². The maximum atomic E-state index is 11.6. The second kappa shape index (κ2) is 5.61. The van der Waals surface area contributed by atoms with Gasteiger partial charge in [-0.1, -0.05) is 13.0 Å². The van der Waals surface area contributed by atoms with Crippen LogP contribution >= 0.6 is 0 Å². The summed E-state index contributed by atoms with van der Waals surface area (Å²) in [4.78, 5) is 26.1. The first-order chi connectivity index (χ1) is 9.99. The second-order valence-electron chi connectivity index (χ2n) is 4.22. The van der Waals surface area contributed by atoms with Gasteiger partial charge in [0.2, 0.25) is 0 Å². The molecule has 0 aliphatic heterocycles. The summed E-state index contributed by atoms with van der Waals surface area (Å²) >= 11 is 0. The number of hydrogen-bond donors (Lipinski definition) is 1. The van der Waals surface area contributed by atoms with Crippen LogP contribution < -0.4 is 5.73 Å². The highest BCUT2D eigenvalue weighted by molar-refractivity contribution is 5.92. The summed E-state index contributed by atoms with van der Waals surface area (Å²) in [5.74, 6) is -0.0287. The average Bonchev–Trinajstić information content (AvgIpc) is 2.83. The molecule has 0 aliphatic carbocycles. The van der Waals surface area contributed by atoms with Crippen molar-refractivity contribution in [3.8, 4) is 5.69 Å². The van der Waals surface area contributed by atoms with Gasteiger partial charge in [-0.3, -0.25) is 14.7 Å². The molecule has 110 valence electrons. The number of benzene rings is 1. The van der Waals surface area contributed by atoms with Gasteiger partial charge in [0.1, 0.15) is 11.6 Å². The number of nitrogens with zero attached hydrogens (tertiary/aromatic N) is 3. The molecule has 0 fully saturated rings. The Morgan fingerprint density at radius 3 is 2.81 bits per heavy atom. The Kier molecular flexibility index (Phi) is 3.88. The summed E-state index contributed by atoms with van der Waals surface area (Å²) < 4.78 is 6.14. The van der Waals surface area contributed by atoms with E-state index in [1.807, 2.05) is 6.92 Å². The van der Waals surface area contributed by atoms with Crippen molar-refractivity contribution in [3.63, 3.8) is 0 Å². The van der Waals surface area contributed by atoms with Crippen molar-refractivity contribution in [2.75, 3.05) is 12.8 Å². The minimum atomic E-state index is -0.647. The molecule has 0 amide bonds. The van der Waals surface area contributed by atoms with Gasteiger partial charge in [0.05, 0.1) is 17.7 Å². The maximum Gasteiger partial charge on any atom is 0.360 e. The minimum Gasteiger partial charge on any atom is -0.464 e. The largest absolute Gasteiger partial charge is 0.464 e. The van der Waals surface area contributed by atoms with E-state index >= 15 is 0 Å². The molecule has 0 atom stereocenters. The number of nitrogen functional groups attached to an aromatic ring is 1. The zero-order valence-electron chi connectivity index (χ0n) is 11.6. The number of aryl methyl sites for hydroxylation is 1. The Labute approximate surface area is 120 Å². The van der Waals surface area contributed by atoms with Gasteiger partial charge in [0, 0.05) is 18.6 Å². The Morgan fingerprint density at radius 1 is 1.52 bits per heavy atom. The summed E-state index contributed by atoms with van der Waals surface area (Å²) in [6, 6.07) is 5.96. The number of methoxy groups -OCH3 is 1. The van der Waals surface area contributed by atoms with Crippen molar-refractivity contribution >= 4 is 17.5 Å². The zero-order chi connectivity index (χ0) is 15.6. The van der Waals surface area contributed by atoms with Gasteiger partial charge >= 0.3 is 5.97 Å². The molecule has 8 nitrogen and oxygen atoms in total. The van der Waals surface area contributed by atoms with E-state index in [4.69, 9.17) is 5.73 Å². The highest BCUT2D eigenvalue weighted by Crippen LogP contribution is 2.24.